The molecule has 0 fully saturated rings. The summed E-state index contributed by atoms with van der Waals surface area (Å²) in [6.45, 7) is 5.98. The van der Waals surface area contributed by atoms with Crippen molar-refractivity contribution < 1.29 is 9.90 Å². The number of hydrogen-bond donors (Lipinski definition) is 1. The molecule has 1 aromatic rings. The molecular formula is C9H11BrO2. The molecule has 0 saturated heterocycles. The highest BCUT2D eigenvalue weighted by Crippen LogP contribution is 2.24. The molecular weight excluding hydrogens is 220 g/mol. The fourth-order valence-electron chi connectivity index (χ4n) is 0.798. The lowest BCUT2D eigenvalue weighted by Crippen LogP contribution is -1.80. The summed E-state index contributed by atoms with van der Waals surface area (Å²) in [7, 11) is 0. The lowest BCUT2D eigenvalue weighted by Gasteiger charge is -2.02. The van der Waals surface area contributed by atoms with Gasteiger partial charge in [-0.15, -0.1) is 0 Å². The van der Waals surface area contributed by atoms with Gasteiger partial charge in [-0.1, -0.05) is 15.9 Å². The van der Waals surface area contributed by atoms with Crippen molar-refractivity contribution in [2.24, 2.45) is 0 Å². The Morgan fingerprint density at radius 3 is 2.25 bits per heavy atom. The van der Waals surface area contributed by atoms with E-state index in [1.165, 1.54) is 5.56 Å². The molecule has 0 atom stereocenters. The number of phenolic OH excluding ortho intramolecular Hbond substituents is 1. The summed E-state index contributed by atoms with van der Waals surface area (Å²) in [5, 5.41) is 9.09. The second-order valence-corrected chi connectivity index (χ2v) is 3.22. The average Bonchev–Trinajstić information content (AvgIpc) is 2.04. The van der Waals surface area contributed by atoms with Gasteiger partial charge >= 0.3 is 0 Å². The van der Waals surface area contributed by atoms with Crippen LogP contribution in [-0.4, -0.2) is 11.9 Å². The predicted octanol–water partition coefficient (Wildman–Crippen LogP) is 2.59. The second kappa shape index (κ2) is 4.93. The number of phenols is 1. The van der Waals surface area contributed by atoms with Crippen LogP contribution in [0.15, 0.2) is 16.6 Å². The Morgan fingerprint density at radius 1 is 1.33 bits per heavy atom. The Balaban J connectivity index is 0.000000561. The molecule has 0 amide bonds. The van der Waals surface area contributed by atoms with E-state index in [1.807, 2.05) is 20.6 Å². The minimum atomic E-state index is 0.315. The molecule has 1 rings (SSSR count). The molecule has 66 valence electrons. The van der Waals surface area contributed by atoms with Gasteiger partial charge in [-0.3, -0.25) is 0 Å². The lowest BCUT2D eigenvalue weighted by molar-refractivity contribution is -0.0979. The number of carbonyl (C=O) groups is 1. The van der Waals surface area contributed by atoms with E-state index in [1.54, 1.807) is 12.1 Å². The molecule has 0 radical (unpaired) electrons. The molecule has 0 unspecified atom stereocenters. The number of halogens is 1. The van der Waals surface area contributed by atoms with Crippen LogP contribution in [-0.2, 0) is 4.79 Å². The van der Waals surface area contributed by atoms with Crippen molar-refractivity contribution in [2.75, 3.05) is 0 Å². The number of aryl methyl sites for hydroxylation is 1. The Kier molecular flexibility index (Phi) is 4.59. The van der Waals surface area contributed by atoms with Gasteiger partial charge in [0.2, 0.25) is 0 Å². The second-order valence-electron chi connectivity index (χ2n) is 2.37. The highest BCUT2D eigenvalue weighted by atomic mass is 79.9. The van der Waals surface area contributed by atoms with E-state index in [0.717, 1.165) is 10.0 Å². The third-order valence-electron chi connectivity index (χ3n) is 1.59. The maximum atomic E-state index is 9.09. The summed E-state index contributed by atoms with van der Waals surface area (Å²) in [4.78, 5) is 8.00. The Labute approximate surface area is 80.4 Å². The van der Waals surface area contributed by atoms with Crippen molar-refractivity contribution in [3.05, 3.63) is 27.7 Å². The zero-order chi connectivity index (χ0) is 9.72. The van der Waals surface area contributed by atoms with E-state index in [0.29, 0.717) is 5.75 Å². The molecule has 0 saturated carbocycles. The quantitative estimate of drug-likeness (QED) is 0.745. The van der Waals surface area contributed by atoms with Gasteiger partial charge in [0.05, 0.1) is 0 Å². The van der Waals surface area contributed by atoms with Gasteiger partial charge in [-0.25, -0.2) is 0 Å². The van der Waals surface area contributed by atoms with E-state index in [4.69, 9.17) is 9.90 Å². The van der Waals surface area contributed by atoms with Gasteiger partial charge in [-0.2, -0.15) is 0 Å². The number of aromatic hydroxyl groups is 1. The summed E-state index contributed by atoms with van der Waals surface area (Å²) in [6.07, 6.45) is 0. The van der Waals surface area contributed by atoms with E-state index < -0.39 is 0 Å². The summed E-state index contributed by atoms with van der Waals surface area (Å²) in [6, 6.07) is 3.45. The maximum absolute atomic E-state index is 9.09. The van der Waals surface area contributed by atoms with Crippen LogP contribution in [0.25, 0.3) is 0 Å². The third kappa shape index (κ3) is 2.66. The first-order valence-corrected chi connectivity index (χ1v) is 4.15. The molecule has 3 heteroatoms. The topological polar surface area (TPSA) is 37.3 Å². The van der Waals surface area contributed by atoms with Crippen LogP contribution in [0, 0.1) is 13.8 Å². The zero-order valence-corrected chi connectivity index (χ0v) is 8.68. The van der Waals surface area contributed by atoms with Crippen LogP contribution in [0.2, 0.25) is 0 Å². The van der Waals surface area contributed by atoms with Gasteiger partial charge in [0.1, 0.15) is 12.5 Å². The Morgan fingerprint density at radius 2 is 1.83 bits per heavy atom. The largest absolute Gasteiger partial charge is 0.508 e. The van der Waals surface area contributed by atoms with Crippen LogP contribution in [0.5, 0.6) is 5.75 Å². The zero-order valence-electron chi connectivity index (χ0n) is 7.10. The fraction of sp³-hybridized carbons (Fsp3) is 0.222. The van der Waals surface area contributed by atoms with Gasteiger partial charge in [0, 0.05) is 4.47 Å². The highest BCUT2D eigenvalue weighted by molar-refractivity contribution is 9.10. The molecule has 1 aromatic carbocycles. The van der Waals surface area contributed by atoms with Gasteiger partial charge in [-0.05, 0) is 37.1 Å². The Bertz CT molecular complexity index is 248. The SMILES string of the molecule is C=O.Cc1cc(O)cc(Br)c1C. The number of rotatable bonds is 0. The molecule has 0 heterocycles. The van der Waals surface area contributed by atoms with Crippen molar-refractivity contribution in [1.82, 2.24) is 0 Å². The van der Waals surface area contributed by atoms with E-state index in [2.05, 4.69) is 15.9 Å². The van der Waals surface area contributed by atoms with Crippen LogP contribution >= 0.6 is 15.9 Å². The van der Waals surface area contributed by atoms with Crippen LogP contribution in [0.1, 0.15) is 11.1 Å². The molecule has 0 aliphatic carbocycles. The summed E-state index contributed by atoms with van der Waals surface area (Å²) >= 11 is 3.34. The molecule has 0 aliphatic heterocycles. The minimum absolute atomic E-state index is 0.315. The Hall–Kier alpha value is -0.830. The lowest BCUT2D eigenvalue weighted by atomic mass is 10.1. The third-order valence-corrected chi connectivity index (χ3v) is 2.41. The van der Waals surface area contributed by atoms with Crippen molar-refractivity contribution in [3.8, 4) is 5.75 Å². The molecule has 12 heavy (non-hydrogen) atoms. The first-order chi connectivity index (χ1) is 5.61. The van der Waals surface area contributed by atoms with Crippen molar-refractivity contribution >= 4 is 22.7 Å². The van der Waals surface area contributed by atoms with Gasteiger partial charge in [0.25, 0.3) is 0 Å². The van der Waals surface area contributed by atoms with Crippen LogP contribution in [0.3, 0.4) is 0 Å². The molecule has 0 aromatic heterocycles. The molecule has 0 aliphatic rings. The minimum Gasteiger partial charge on any atom is -0.508 e. The van der Waals surface area contributed by atoms with E-state index in [9.17, 15) is 0 Å². The van der Waals surface area contributed by atoms with Crippen molar-refractivity contribution in [1.29, 1.82) is 0 Å². The van der Waals surface area contributed by atoms with Crippen molar-refractivity contribution in [3.63, 3.8) is 0 Å². The number of benzene rings is 1. The summed E-state index contributed by atoms with van der Waals surface area (Å²) < 4.78 is 0.963. The summed E-state index contributed by atoms with van der Waals surface area (Å²) in [5.41, 5.74) is 2.28. The van der Waals surface area contributed by atoms with Gasteiger partial charge in [0.15, 0.2) is 0 Å². The fourth-order valence-corrected chi connectivity index (χ4v) is 1.35. The average molecular weight is 231 g/mol. The standard InChI is InChI=1S/C8H9BrO.CH2O/c1-5-3-7(10)4-8(9)6(5)2;1-2/h3-4,10H,1-2H3;1H2. The number of hydrogen-bond acceptors (Lipinski definition) is 2. The molecule has 0 bridgehead atoms. The first-order valence-electron chi connectivity index (χ1n) is 3.36. The normalized spacial score (nSPS) is 8.58. The monoisotopic (exact) mass is 230 g/mol. The maximum Gasteiger partial charge on any atom is 0.116 e. The molecule has 0 spiro atoms. The first kappa shape index (κ1) is 11.2. The number of carbonyl (C=O) groups excluding carboxylic acids is 1. The molecule has 2 nitrogen and oxygen atoms in total. The van der Waals surface area contributed by atoms with Crippen LogP contribution < -0.4 is 0 Å². The van der Waals surface area contributed by atoms with E-state index >= 15 is 0 Å². The van der Waals surface area contributed by atoms with Crippen LogP contribution in [0.4, 0.5) is 0 Å². The molecule has 1 N–H and O–H groups in total. The highest BCUT2D eigenvalue weighted by Gasteiger charge is 1.99. The van der Waals surface area contributed by atoms with E-state index in [-0.39, 0.29) is 0 Å². The van der Waals surface area contributed by atoms with Crippen molar-refractivity contribution in [2.45, 2.75) is 13.8 Å². The predicted molar refractivity (Wildman–Crippen MR) is 52.4 cm³/mol. The smallest absolute Gasteiger partial charge is 0.116 e. The van der Waals surface area contributed by atoms with Gasteiger partial charge < -0.3 is 9.90 Å². The summed E-state index contributed by atoms with van der Waals surface area (Å²) in [5.74, 6) is 0.315.